The molecule has 0 radical (unpaired) electrons. The molecule has 0 fully saturated rings. The molecule has 0 aliphatic rings. The monoisotopic (exact) mass is 333 g/mol. The Morgan fingerprint density at radius 3 is 2.48 bits per heavy atom. The number of ether oxygens (including phenoxy) is 1. The van der Waals surface area contributed by atoms with Gasteiger partial charge in [-0.1, -0.05) is 39.0 Å². The van der Waals surface area contributed by atoms with E-state index in [9.17, 15) is 5.11 Å². The number of aliphatic hydroxyl groups is 1. The highest BCUT2D eigenvalue weighted by Crippen LogP contribution is 2.37. The number of rotatable bonds is 5. The Morgan fingerprint density at radius 1 is 1.17 bits per heavy atom. The fourth-order valence-corrected chi connectivity index (χ4v) is 3.14. The molecule has 1 atom stereocenters. The molecule has 1 aromatic carbocycles. The first-order valence-corrected chi connectivity index (χ1v) is 10.8. The molecule has 126 valence electrons. The quantitative estimate of drug-likeness (QED) is 0.829. The first kappa shape index (κ1) is 17.9. The number of hydrogen-bond donors (Lipinski definition) is 1. The SMILES string of the molecule is COc1ccc2cccc([C@H](O)CO[Si](C)(C)C(C)(C)C)c2n1. The number of methoxy groups -OCH3 is 1. The van der Waals surface area contributed by atoms with Gasteiger partial charge in [0.1, 0.15) is 6.10 Å². The van der Waals surface area contributed by atoms with E-state index in [1.165, 1.54) is 0 Å². The lowest BCUT2D eigenvalue weighted by atomic mass is 10.1. The number of nitrogens with zero attached hydrogens (tertiary/aromatic N) is 1. The summed E-state index contributed by atoms with van der Waals surface area (Å²) in [5.74, 6) is 0.544. The van der Waals surface area contributed by atoms with Crippen LogP contribution in [0.1, 0.15) is 32.4 Å². The van der Waals surface area contributed by atoms with Crippen LogP contribution < -0.4 is 4.74 Å². The summed E-state index contributed by atoms with van der Waals surface area (Å²) >= 11 is 0. The smallest absolute Gasteiger partial charge is 0.213 e. The summed E-state index contributed by atoms with van der Waals surface area (Å²) in [6.07, 6.45) is -0.701. The predicted octanol–water partition coefficient (Wildman–Crippen LogP) is 4.30. The predicted molar refractivity (Wildman–Crippen MR) is 96.4 cm³/mol. The van der Waals surface area contributed by atoms with E-state index < -0.39 is 14.4 Å². The van der Waals surface area contributed by atoms with Gasteiger partial charge in [0.05, 0.1) is 19.2 Å². The molecule has 0 bridgehead atoms. The topological polar surface area (TPSA) is 51.6 Å². The van der Waals surface area contributed by atoms with E-state index in [2.05, 4.69) is 38.8 Å². The summed E-state index contributed by atoms with van der Waals surface area (Å²) in [6, 6.07) is 9.58. The van der Waals surface area contributed by atoms with Crippen molar-refractivity contribution in [3.63, 3.8) is 0 Å². The Bertz CT molecular complexity index is 680. The van der Waals surface area contributed by atoms with E-state index in [1.54, 1.807) is 7.11 Å². The molecule has 1 heterocycles. The van der Waals surface area contributed by atoms with Crippen molar-refractivity contribution >= 4 is 19.2 Å². The first-order valence-electron chi connectivity index (χ1n) is 7.91. The van der Waals surface area contributed by atoms with Gasteiger partial charge in [-0.15, -0.1) is 0 Å². The molecular weight excluding hydrogens is 306 g/mol. The molecule has 0 spiro atoms. The third-order valence-corrected chi connectivity index (χ3v) is 9.20. The van der Waals surface area contributed by atoms with Crippen molar-refractivity contribution in [3.8, 4) is 5.88 Å². The number of aliphatic hydroxyl groups excluding tert-OH is 1. The normalized spacial score (nSPS) is 14.0. The number of benzene rings is 1. The van der Waals surface area contributed by atoms with Gasteiger partial charge >= 0.3 is 0 Å². The van der Waals surface area contributed by atoms with Gasteiger partial charge in [-0.3, -0.25) is 0 Å². The van der Waals surface area contributed by atoms with Crippen LogP contribution >= 0.6 is 0 Å². The molecule has 2 rings (SSSR count). The molecule has 2 aromatic rings. The minimum absolute atomic E-state index is 0.118. The molecule has 5 heteroatoms. The highest BCUT2D eigenvalue weighted by Gasteiger charge is 2.37. The third kappa shape index (κ3) is 3.91. The van der Waals surface area contributed by atoms with Crippen LogP contribution in [0.15, 0.2) is 30.3 Å². The zero-order valence-corrected chi connectivity index (χ0v) is 15.9. The second kappa shape index (κ2) is 6.59. The van der Waals surface area contributed by atoms with Crippen molar-refractivity contribution < 1.29 is 14.3 Å². The average Bonchev–Trinajstić information content (AvgIpc) is 2.50. The van der Waals surface area contributed by atoms with Crippen LogP contribution in [0.25, 0.3) is 10.9 Å². The molecule has 23 heavy (non-hydrogen) atoms. The van der Waals surface area contributed by atoms with E-state index in [0.717, 1.165) is 16.5 Å². The van der Waals surface area contributed by atoms with Crippen molar-refractivity contribution in [3.05, 3.63) is 35.9 Å². The molecule has 4 nitrogen and oxygen atoms in total. The summed E-state index contributed by atoms with van der Waals surface area (Å²) in [7, 11) is -0.300. The summed E-state index contributed by atoms with van der Waals surface area (Å²) in [6.45, 7) is 11.2. The lowest BCUT2D eigenvalue weighted by Crippen LogP contribution is -2.41. The molecule has 0 amide bonds. The molecule has 0 aliphatic heterocycles. The number of fused-ring (bicyclic) bond motifs is 1. The standard InChI is InChI=1S/C18H27NO3Si/c1-18(2,3)23(5,6)22-12-15(20)14-9-7-8-13-10-11-16(21-4)19-17(13)14/h7-11,15,20H,12H2,1-6H3/t15-/m1/s1. The molecule has 0 saturated carbocycles. The zero-order chi connectivity index (χ0) is 17.3. The highest BCUT2D eigenvalue weighted by molar-refractivity contribution is 6.74. The van der Waals surface area contributed by atoms with Crippen LogP contribution in [0.5, 0.6) is 5.88 Å². The van der Waals surface area contributed by atoms with Crippen molar-refractivity contribution in [1.82, 2.24) is 4.98 Å². The minimum atomic E-state index is -1.89. The fraction of sp³-hybridized carbons (Fsp3) is 0.500. The van der Waals surface area contributed by atoms with Crippen LogP contribution in [0.3, 0.4) is 0 Å². The molecule has 0 unspecified atom stereocenters. The minimum Gasteiger partial charge on any atom is -0.481 e. The zero-order valence-electron chi connectivity index (χ0n) is 14.9. The second-order valence-electron chi connectivity index (χ2n) is 7.36. The van der Waals surface area contributed by atoms with Crippen molar-refractivity contribution in [2.75, 3.05) is 13.7 Å². The van der Waals surface area contributed by atoms with Gasteiger partial charge in [-0.05, 0) is 24.2 Å². The Kier molecular flexibility index (Phi) is 5.13. The van der Waals surface area contributed by atoms with Crippen LogP contribution in [0, 0.1) is 0 Å². The molecular formula is C18H27NO3Si. The van der Waals surface area contributed by atoms with Gasteiger partial charge in [-0.25, -0.2) is 4.98 Å². The Morgan fingerprint density at radius 2 is 1.87 bits per heavy atom. The maximum Gasteiger partial charge on any atom is 0.213 e. The van der Waals surface area contributed by atoms with Crippen molar-refractivity contribution in [1.29, 1.82) is 0 Å². The van der Waals surface area contributed by atoms with Gasteiger partial charge < -0.3 is 14.3 Å². The molecule has 1 N–H and O–H groups in total. The first-order chi connectivity index (χ1) is 10.7. The summed E-state index contributed by atoms with van der Waals surface area (Å²) in [5.41, 5.74) is 1.54. The van der Waals surface area contributed by atoms with Gasteiger partial charge in [0.2, 0.25) is 5.88 Å². The maximum atomic E-state index is 10.6. The van der Waals surface area contributed by atoms with E-state index in [0.29, 0.717) is 5.88 Å². The summed E-state index contributed by atoms with van der Waals surface area (Å²) in [4.78, 5) is 4.48. The maximum absolute atomic E-state index is 10.6. The average molecular weight is 334 g/mol. The lowest BCUT2D eigenvalue weighted by Gasteiger charge is -2.36. The van der Waals surface area contributed by atoms with Crippen molar-refractivity contribution in [2.24, 2.45) is 0 Å². The van der Waals surface area contributed by atoms with Gasteiger partial charge in [0, 0.05) is 17.0 Å². The van der Waals surface area contributed by atoms with Gasteiger partial charge in [0.25, 0.3) is 0 Å². The Hall–Kier alpha value is -1.43. The summed E-state index contributed by atoms with van der Waals surface area (Å²) in [5, 5.41) is 11.7. The van der Waals surface area contributed by atoms with Crippen LogP contribution in [0.2, 0.25) is 18.1 Å². The third-order valence-electron chi connectivity index (χ3n) is 4.70. The number of hydrogen-bond acceptors (Lipinski definition) is 4. The van der Waals surface area contributed by atoms with E-state index in [-0.39, 0.29) is 11.6 Å². The summed E-state index contributed by atoms with van der Waals surface area (Å²) < 4.78 is 11.3. The largest absolute Gasteiger partial charge is 0.481 e. The molecule has 1 aromatic heterocycles. The van der Waals surface area contributed by atoms with Crippen LogP contribution in [-0.4, -0.2) is 32.1 Å². The Balaban J connectivity index is 2.26. The fourth-order valence-electron chi connectivity index (χ4n) is 2.13. The van der Waals surface area contributed by atoms with Crippen LogP contribution in [-0.2, 0) is 4.43 Å². The molecule has 0 aliphatic carbocycles. The number of aromatic nitrogens is 1. The lowest BCUT2D eigenvalue weighted by molar-refractivity contribution is 0.101. The molecule has 0 saturated heterocycles. The highest BCUT2D eigenvalue weighted by atomic mass is 28.4. The van der Waals surface area contributed by atoms with Gasteiger partial charge in [0.15, 0.2) is 8.32 Å². The number of pyridine rings is 1. The van der Waals surface area contributed by atoms with Gasteiger partial charge in [-0.2, -0.15) is 0 Å². The van der Waals surface area contributed by atoms with E-state index >= 15 is 0 Å². The Labute approximate surface area is 139 Å². The van der Waals surface area contributed by atoms with Crippen LogP contribution in [0.4, 0.5) is 0 Å². The number of para-hydroxylation sites is 1. The van der Waals surface area contributed by atoms with E-state index in [4.69, 9.17) is 9.16 Å². The van der Waals surface area contributed by atoms with Crippen molar-refractivity contribution in [2.45, 2.75) is 45.0 Å². The van der Waals surface area contributed by atoms with E-state index in [1.807, 2.05) is 30.3 Å². The second-order valence-corrected chi connectivity index (χ2v) is 12.2.